The van der Waals surface area contributed by atoms with Gasteiger partial charge in [0.15, 0.2) is 5.69 Å². The van der Waals surface area contributed by atoms with Crippen molar-refractivity contribution >= 4 is 11.8 Å². The highest BCUT2D eigenvalue weighted by Gasteiger charge is 2.06. The summed E-state index contributed by atoms with van der Waals surface area (Å²) in [4.78, 5) is 18.0. The molecule has 0 saturated carbocycles. The van der Waals surface area contributed by atoms with Crippen LogP contribution >= 0.6 is 0 Å². The fourth-order valence-electron chi connectivity index (χ4n) is 1.39. The van der Waals surface area contributed by atoms with Gasteiger partial charge >= 0.3 is 5.97 Å². The third kappa shape index (κ3) is 3.21. The quantitative estimate of drug-likeness (QED) is 0.885. The average molecular weight is 265 g/mol. The van der Waals surface area contributed by atoms with E-state index in [1.54, 1.807) is 0 Å². The molecule has 0 aliphatic rings. The van der Waals surface area contributed by atoms with Crippen molar-refractivity contribution in [3.05, 3.63) is 53.5 Å². The van der Waals surface area contributed by atoms with Gasteiger partial charge in [-0.1, -0.05) is 0 Å². The predicted octanol–water partition coefficient (Wildman–Crippen LogP) is 2.07. The van der Waals surface area contributed by atoms with Gasteiger partial charge in [-0.25, -0.2) is 23.5 Å². The van der Waals surface area contributed by atoms with Crippen LogP contribution < -0.4 is 5.32 Å². The molecule has 0 spiro atoms. The Bertz CT molecular complexity index is 602. The van der Waals surface area contributed by atoms with Crippen molar-refractivity contribution in [2.24, 2.45) is 0 Å². The summed E-state index contributed by atoms with van der Waals surface area (Å²) >= 11 is 0. The number of halogens is 2. The van der Waals surface area contributed by atoms with E-state index >= 15 is 0 Å². The normalized spacial score (nSPS) is 10.2. The standard InChI is InChI=1S/C12H9F2N3O2/c13-8-1-2-9(14)7(3-8)4-16-11-6-15-10(5-17-11)12(18)19/h1-3,5-6H,4H2,(H,16,17)(H,18,19). The molecule has 2 rings (SSSR count). The minimum absolute atomic E-state index is 0.0185. The zero-order valence-electron chi connectivity index (χ0n) is 9.60. The van der Waals surface area contributed by atoms with Gasteiger partial charge in [-0.15, -0.1) is 0 Å². The summed E-state index contributed by atoms with van der Waals surface area (Å²) in [6.07, 6.45) is 2.28. The highest BCUT2D eigenvalue weighted by Crippen LogP contribution is 2.11. The monoisotopic (exact) mass is 265 g/mol. The number of hydrogen-bond donors (Lipinski definition) is 2. The predicted molar refractivity (Wildman–Crippen MR) is 62.7 cm³/mol. The van der Waals surface area contributed by atoms with E-state index in [1.807, 2.05) is 0 Å². The summed E-state index contributed by atoms with van der Waals surface area (Å²) < 4.78 is 26.2. The Balaban J connectivity index is 2.06. The number of nitrogens with one attached hydrogen (secondary N) is 1. The fraction of sp³-hybridized carbons (Fsp3) is 0.0833. The van der Waals surface area contributed by atoms with Crippen molar-refractivity contribution in [1.29, 1.82) is 0 Å². The smallest absolute Gasteiger partial charge is 0.356 e. The Kier molecular flexibility index (Phi) is 3.65. The van der Waals surface area contributed by atoms with Gasteiger partial charge in [0.1, 0.15) is 17.5 Å². The molecule has 0 amide bonds. The number of rotatable bonds is 4. The number of aromatic carboxylic acids is 1. The minimum Gasteiger partial charge on any atom is -0.476 e. The molecule has 0 atom stereocenters. The van der Waals surface area contributed by atoms with E-state index in [4.69, 9.17) is 5.11 Å². The van der Waals surface area contributed by atoms with Crippen LogP contribution in [0.2, 0.25) is 0 Å². The van der Waals surface area contributed by atoms with Crippen LogP contribution in [0.3, 0.4) is 0 Å². The molecule has 2 aromatic rings. The van der Waals surface area contributed by atoms with Crippen LogP contribution in [0.4, 0.5) is 14.6 Å². The van der Waals surface area contributed by atoms with E-state index < -0.39 is 17.6 Å². The number of carboxylic acid groups (broad SMARTS) is 1. The van der Waals surface area contributed by atoms with Crippen molar-refractivity contribution in [1.82, 2.24) is 9.97 Å². The van der Waals surface area contributed by atoms with Crippen LogP contribution in [0, 0.1) is 11.6 Å². The second kappa shape index (κ2) is 5.38. The van der Waals surface area contributed by atoms with Gasteiger partial charge in [0.2, 0.25) is 0 Å². The van der Waals surface area contributed by atoms with E-state index in [9.17, 15) is 13.6 Å². The zero-order valence-corrected chi connectivity index (χ0v) is 9.60. The summed E-state index contributed by atoms with van der Waals surface area (Å²) in [6.45, 7) is 0.0185. The third-order valence-corrected chi connectivity index (χ3v) is 2.34. The molecule has 7 heteroatoms. The second-order valence-corrected chi connectivity index (χ2v) is 3.68. The number of hydrogen-bond acceptors (Lipinski definition) is 4. The lowest BCUT2D eigenvalue weighted by atomic mass is 10.2. The summed E-state index contributed by atoms with van der Waals surface area (Å²) in [5, 5.41) is 11.4. The average Bonchev–Trinajstić information content (AvgIpc) is 2.40. The number of benzene rings is 1. The van der Waals surface area contributed by atoms with E-state index in [-0.39, 0.29) is 23.6 Å². The van der Waals surface area contributed by atoms with Crippen molar-refractivity contribution in [3.8, 4) is 0 Å². The fourth-order valence-corrected chi connectivity index (χ4v) is 1.39. The van der Waals surface area contributed by atoms with Crippen LogP contribution in [0.15, 0.2) is 30.6 Å². The number of anilines is 1. The molecule has 0 unspecified atom stereocenters. The molecule has 0 saturated heterocycles. The summed E-state index contributed by atoms with van der Waals surface area (Å²) in [6, 6.07) is 3.13. The topological polar surface area (TPSA) is 75.1 Å². The van der Waals surface area contributed by atoms with E-state index in [2.05, 4.69) is 15.3 Å². The number of carbonyl (C=O) groups is 1. The Morgan fingerprint density at radius 1 is 1.26 bits per heavy atom. The lowest BCUT2D eigenvalue weighted by Gasteiger charge is -2.06. The maximum atomic E-state index is 13.3. The van der Waals surface area contributed by atoms with Crippen molar-refractivity contribution in [2.45, 2.75) is 6.54 Å². The number of nitrogens with zero attached hydrogens (tertiary/aromatic N) is 2. The molecule has 1 aromatic carbocycles. The van der Waals surface area contributed by atoms with Gasteiger partial charge < -0.3 is 10.4 Å². The summed E-state index contributed by atoms with van der Waals surface area (Å²) in [5.74, 6) is -1.99. The molecular formula is C12H9F2N3O2. The molecule has 1 heterocycles. The first-order chi connectivity index (χ1) is 9.06. The van der Waals surface area contributed by atoms with Gasteiger partial charge in [0, 0.05) is 12.1 Å². The Morgan fingerprint density at radius 2 is 2.05 bits per heavy atom. The second-order valence-electron chi connectivity index (χ2n) is 3.68. The molecular weight excluding hydrogens is 256 g/mol. The molecule has 5 nitrogen and oxygen atoms in total. The summed E-state index contributed by atoms with van der Waals surface area (Å²) in [5.41, 5.74) is -0.0494. The van der Waals surface area contributed by atoms with Gasteiger partial charge in [-0.05, 0) is 18.2 Å². The largest absolute Gasteiger partial charge is 0.476 e. The van der Waals surface area contributed by atoms with Gasteiger partial charge in [-0.3, -0.25) is 0 Å². The first-order valence-electron chi connectivity index (χ1n) is 5.29. The molecule has 0 radical (unpaired) electrons. The minimum atomic E-state index is -1.18. The molecule has 2 N–H and O–H groups in total. The number of aromatic nitrogens is 2. The third-order valence-electron chi connectivity index (χ3n) is 2.34. The van der Waals surface area contributed by atoms with Crippen LogP contribution in [0.5, 0.6) is 0 Å². The van der Waals surface area contributed by atoms with Crippen LogP contribution in [0.25, 0.3) is 0 Å². The summed E-state index contributed by atoms with van der Waals surface area (Å²) in [7, 11) is 0. The first kappa shape index (κ1) is 12.9. The molecule has 98 valence electrons. The Hall–Kier alpha value is -2.57. The highest BCUT2D eigenvalue weighted by atomic mass is 19.1. The van der Waals surface area contributed by atoms with Gasteiger partial charge in [0.05, 0.1) is 12.4 Å². The van der Waals surface area contributed by atoms with E-state index in [1.165, 1.54) is 6.20 Å². The molecule has 19 heavy (non-hydrogen) atoms. The highest BCUT2D eigenvalue weighted by molar-refractivity contribution is 5.84. The van der Waals surface area contributed by atoms with E-state index in [0.717, 1.165) is 24.4 Å². The molecule has 1 aromatic heterocycles. The molecule has 0 bridgehead atoms. The molecule has 0 aliphatic carbocycles. The maximum absolute atomic E-state index is 13.3. The molecule has 0 fully saturated rings. The lowest BCUT2D eigenvalue weighted by molar-refractivity contribution is 0.0690. The lowest BCUT2D eigenvalue weighted by Crippen LogP contribution is -2.06. The number of carboxylic acids is 1. The Labute approximate surface area is 106 Å². The zero-order chi connectivity index (χ0) is 13.8. The van der Waals surface area contributed by atoms with Gasteiger partial charge in [0.25, 0.3) is 0 Å². The van der Waals surface area contributed by atoms with Crippen LogP contribution in [0.1, 0.15) is 16.1 Å². The maximum Gasteiger partial charge on any atom is 0.356 e. The van der Waals surface area contributed by atoms with Crippen molar-refractivity contribution < 1.29 is 18.7 Å². The first-order valence-corrected chi connectivity index (χ1v) is 5.29. The van der Waals surface area contributed by atoms with Crippen molar-refractivity contribution in [3.63, 3.8) is 0 Å². The SMILES string of the molecule is O=C(O)c1cnc(NCc2cc(F)ccc2F)cn1. The van der Waals surface area contributed by atoms with Crippen molar-refractivity contribution in [2.75, 3.05) is 5.32 Å². The Morgan fingerprint density at radius 3 is 2.68 bits per heavy atom. The molecule has 0 aliphatic heterocycles. The van der Waals surface area contributed by atoms with E-state index in [0.29, 0.717) is 0 Å². The van der Waals surface area contributed by atoms with Crippen LogP contribution in [-0.2, 0) is 6.54 Å². The van der Waals surface area contributed by atoms with Crippen LogP contribution in [-0.4, -0.2) is 21.0 Å². The van der Waals surface area contributed by atoms with Gasteiger partial charge in [-0.2, -0.15) is 0 Å².